The van der Waals surface area contributed by atoms with E-state index in [0.717, 1.165) is 10.2 Å². The monoisotopic (exact) mass is 579 g/mol. The number of carbonyl (C=O) groups is 2. The minimum atomic E-state index is -0.606. The molecule has 0 radical (unpaired) electrons. The van der Waals surface area contributed by atoms with Crippen molar-refractivity contribution in [1.82, 2.24) is 20.1 Å². The number of benzene rings is 2. The van der Waals surface area contributed by atoms with Gasteiger partial charge in [-0.25, -0.2) is 9.67 Å². The lowest BCUT2D eigenvalue weighted by atomic mass is 10.00. The number of ketones is 1. The van der Waals surface area contributed by atoms with Gasteiger partial charge in [-0.05, 0) is 32.0 Å². The van der Waals surface area contributed by atoms with Crippen LogP contribution in [0.2, 0.25) is 10.0 Å². The Bertz CT molecular complexity index is 1650. The summed E-state index contributed by atoms with van der Waals surface area (Å²) < 4.78 is 6.59. The fraction of sp³-hybridized carbons (Fsp3) is 0.207. The molecular formula is C29H27Cl2N5O4. The van der Waals surface area contributed by atoms with Crippen molar-refractivity contribution in [2.45, 2.75) is 26.4 Å². The first kappa shape index (κ1) is 28.9. The normalized spacial score (nSPS) is 11.7. The maximum atomic E-state index is 12.8. The molecule has 1 atom stereocenters. The number of Topliss-reactive ketones (excluding diaryl/α,β-unsaturated/α-hetero) is 1. The van der Waals surface area contributed by atoms with Gasteiger partial charge >= 0.3 is 0 Å². The van der Waals surface area contributed by atoms with Crippen LogP contribution in [0.3, 0.4) is 0 Å². The van der Waals surface area contributed by atoms with Gasteiger partial charge in [-0.3, -0.25) is 14.4 Å². The molecule has 0 fully saturated rings. The average molecular weight is 580 g/mol. The zero-order valence-corrected chi connectivity index (χ0v) is 23.8. The van der Waals surface area contributed by atoms with Gasteiger partial charge in [0.05, 0.1) is 34.6 Å². The number of nitrogens with one attached hydrogen (secondary N) is 2. The largest absolute Gasteiger partial charge is 0.481 e. The van der Waals surface area contributed by atoms with Crippen molar-refractivity contribution in [2.75, 3.05) is 12.4 Å². The number of aryl methyl sites for hydroxylation is 1. The lowest BCUT2D eigenvalue weighted by Gasteiger charge is -2.16. The fourth-order valence-corrected chi connectivity index (χ4v) is 4.58. The minimum Gasteiger partial charge on any atom is -0.481 e. The molecule has 1 amide bonds. The number of pyridine rings is 1. The molecule has 4 aromatic rings. The third-order valence-electron chi connectivity index (χ3n) is 6.40. The first-order valence-corrected chi connectivity index (χ1v) is 13.1. The number of nitrogens with zero attached hydrogens (tertiary/aromatic N) is 3. The van der Waals surface area contributed by atoms with Crippen LogP contribution in [0.1, 0.15) is 29.8 Å². The second-order valence-electron chi connectivity index (χ2n) is 9.04. The summed E-state index contributed by atoms with van der Waals surface area (Å²) in [6, 6.07) is 15.4. The number of aromatic nitrogens is 3. The van der Waals surface area contributed by atoms with E-state index >= 15 is 0 Å². The van der Waals surface area contributed by atoms with Crippen LogP contribution < -0.4 is 20.9 Å². The number of methoxy groups -OCH3 is 1. The average Bonchev–Trinajstić information content (AvgIpc) is 2.94. The highest BCUT2D eigenvalue weighted by Gasteiger charge is 2.19. The summed E-state index contributed by atoms with van der Waals surface area (Å²) in [6.07, 6.45) is 1.37. The smallest absolute Gasteiger partial charge is 0.279 e. The van der Waals surface area contributed by atoms with E-state index < -0.39 is 11.5 Å². The summed E-state index contributed by atoms with van der Waals surface area (Å²) in [5.41, 5.74) is 2.97. The van der Waals surface area contributed by atoms with Gasteiger partial charge in [0.15, 0.2) is 0 Å². The molecule has 2 heterocycles. The molecule has 9 nitrogen and oxygen atoms in total. The van der Waals surface area contributed by atoms with Gasteiger partial charge in [0.25, 0.3) is 11.5 Å². The van der Waals surface area contributed by atoms with Crippen molar-refractivity contribution >= 4 is 40.6 Å². The van der Waals surface area contributed by atoms with E-state index in [1.54, 1.807) is 25.1 Å². The SMILES string of the molecule is COc1nc(-c2cccc(-c3cccc(NC(=O)c4ccnn(C)c4=O)c3Cl)c2Cl)ccc1CN[C@@H](C)C(C)=O. The van der Waals surface area contributed by atoms with Crippen LogP contribution in [0.25, 0.3) is 22.4 Å². The van der Waals surface area contributed by atoms with Crippen molar-refractivity contribution in [3.63, 3.8) is 0 Å². The van der Waals surface area contributed by atoms with E-state index in [4.69, 9.17) is 27.9 Å². The fourth-order valence-electron chi connectivity index (χ4n) is 3.98. The molecule has 4 rings (SSSR count). The van der Waals surface area contributed by atoms with E-state index in [1.807, 2.05) is 30.3 Å². The minimum absolute atomic E-state index is 0.0380. The first-order chi connectivity index (χ1) is 19.1. The Kier molecular flexibility index (Phi) is 8.99. The van der Waals surface area contributed by atoms with Gasteiger partial charge in [-0.15, -0.1) is 0 Å². The third-order valence-corrected chi connectivity index (χ3v) is 7.22. The molecule has 2 N–H and O–H groups in total. The topological polar surface area (TPSA) is 115 Å². The Hall–Kier alpha value is -4.05. The Morgan fingerprint density at radius 2 is 1.68 bits per heavy atom. The molecule has 40 heavy (non-hydrogen) atoms. The molecule has 0 saturated heterocycles. The number of halogens is 2. The first-order valence-electron chi connectivity index (χ1n) is 12.3. The zero-order chi connectivity index (χ0) is 29.0. The van der Waals surface area contributed by atoms with Crippen LogP contribution in [-0.4, -0.2) is 39.6 Å². The van der Waals surface area contributed by atoms with Gasteiger partial charge in [-0.1, -0.05) is 59.6 Å². The van der Waals surface area contributed by atoms with Gasteiger partial charge in [0.1, 0.15) is 11.3 Å². The summed E-state index contributed by atoms with van der Waals surface area (Å²) in [4.78, 5) is 41.3. The van der Waals surface area contributed by atoms with Crippen LogP contribution >= 0.6 is 23.2 Å². The van der Waals surface area contributed by atoms with Crippen molar-refractivity contribution in [3.8, 4) is 28.3 Å². The summed E-state index contributed by atoms with van der Waals surface area (Å²) in [5.74, 6) is -0.159. The van der Waals surface area contributed by atoms with Crippen molar-refractivity contribution < 1.29 is 14.3 Å². The van der Waals surface area contributed by atoms with E-state index in [-0.39, 0.29) is 22.4 Å². The van der Waals surface area contributed by atoms with E-state index in [0.29, 0.717) is 45.5 Å². The summed E-state index contributed by atoms with van der Waals surface area (Å²) in [7, 11) is 3.00. The lowest BCUT2D eigenvalue weighted by Crippen LogP contribution is -2.31. The quantitative estimate of drug-likeness (QED) is 0.282. The number of amides is 1. The number of rotatable bonds is 9. The molecule has 206 valence electrons. The highest BCUT2D eigenvalue weighted by molar-refractivity contribution is 6.39. The second kappa shape index (κ2) is 12.4. The Balaban J connectivity index is 1.66. The maximum Gasteiger partial charge on any atom is 0.279 e. The predicted molar refractivity (Wildman–Crippen MR) is 156 cm³/mol. The Morgan fingerprint density at radius 1 is 1.00 bits per heavy atom. The molecule has 0 unspecified atom stereocenters. The van der Waals surface area contributed by atoms with Gasteiger partial charge in [-0.2, -0.15) is 5.10 Å². The molecule has 0 saturated carbocycles. The van der Waals surface area contributed by atoms with Crippen LogP contribution in [0, 0.1) is 0 Å². The van der Waals surface area contributed by atoms with Gasteiger partial charge in [0, 0.05) is 42.0 Å². The van der Waals surface area contributed by atoms with Gasteiger partial charge < -0.3 is 15.4 Å². The highest BCUT2D eigenvalue weighted by Crippen LogP contribution is 2.41. The van der Waals surface area contributed by atoms with Crippen LogP contribution in [0.4, 0.5) is 5.69 Å². The van der Waals surface area contributed by atoms with E-state index in [9.17, 15) is 14.4 Å². The molecule has 0 aliphatic rings. The summed E-state index contributed by atoms with van der Waals surface area (Å²) in [6.45, 7) is 3.74. The molecule has 0 aliphatic heterocycles. The van der Waals surface area contributed by atoms with Gasteiger partial charge in [0.2, 0.25) is 5.88 Å². The number of carbonyl (C=O) groups excluding carboxylic acids is 2. The maximum absolute atomic E-state index is 12.8. The number of hydrogen-bond acceptors (Lipinski definition) is 7. The molecule has 2 aromatic heterocycles. The Labute approximate surface area is 241 Å². The Morgan fingerprint density at radius 3 is 2.38 bits per heavy atom. The van der Waals surface area contributed by atoms with Crippen LogP contribution in [0.5, 0.6) is 5.88 Å². The van der Waals surface area contributed by atoms with Crippen LogP contribution in [0.15, 0.2) is 65.6 Å². The standard InChI is InChI=1S/C29H27Cl2N5O4/c1-16(17(2)37)32-15-18-11-12-23(35-28(18)40-4)21-9-5-7-19(25(21)30)20-8-6-10-24(26(20)31)34-27(38)22-13-14-33-36(3)29(22)39/h5-14,16,32H,15H2,1-4H3,(H,34,38)/t16-/m0/s1. The third kappa shape index (κ3) is 6.07. The lowest BCUT2D eigenvalue weighted by molar-refractivity contribution is -0.118. The molecule has 0 spiro atoms. The number of hydrogen-bond donors (Lipinski definition) is 2. The van der Waals surface area contributed by atoms with Crippen molar-refractivity contribution in [1.29, 1.82) is 0 Å². The molecule has 0 bridgehead atoms. The molecule has 11 heteroatoms. The predicted octanol–water partition coefficient (Wildman–Crippen LogP) is 5.14. The summed E-state index contributed by atoms with van der Waals surface area (Å²) >= 11 is 13.6. The highest BCUT2D eigenvalue weighted by atomic mass is 35.5. The zero-order valence-electron chi connectivity index (χ0n) is 22.3. The molecule has 2 aromatic carbocycles. The second-order valence-corrected chi connectivity index (χ2v) is 9.80. The summed E-state index contributed by atoms with van der Waals surface area (Å²) in [5, 5.41) is 10.4. The molecule has 0 aliphatic carbocycles. The number of ether oxygens (including phenoxy) is 1. The number of anilines is 1. The molecular weight excluding hydrogens is 553 g/mol. The van der Waals surface area contributed by atoms with Crippen molar-refractivity contribution in [2.24, 2.45) is 7.05 Å². The van der Waals surface area contributed by atoms with Crippen LogP contribution in [-0.2, 0) is 18.4 Å². The van der Waals surface area contributed by atoms with Crippen molar-refractivity contribution in [3.05, 3.63) is 92.3 Å². The van der Waals surface area contributed by atoms with E-state index in [2.05, 4.69) is 20.7 Å². The van der Waals surface area contributed by atoms with E-state index in [1.165, 1.54) is 33.3 Å².